The van der Waals surface area contributed by atoms with Crippen molar-refractivity contribution in [2.45, 2.75) is 6.92 Å². The summed E-state index contributed by atoms with van der Waals surface area (Å²) in [5, 5.41) is 17.4. The van der Waals surface area contributed by atoms with Crippen LogP contribution in [0.25, 0.3) is 21.9 Å². The van der Waals surface area contributed by atoms with E-state index in [2.05, 4.69) is 30.3 Å². The van der Waals surface area contributed by atoms with Crippen molar-refractivity contribution in [1.82, 2.24) is 0 Å². The molecule has 3 nitrogen and oxygen atoms in total. The van der Waals surface area contributed by atoms with Crippen molar-refractivity contribution in [3.05, 3.63) is 71.8 Å². The molecule has 3 rings (SSSR count). The molecule has 0 amide bonds. The Morgan fingerprint density at radius 2 is 1.73 bits per heavy atom. The summed E-state index contributed by atoms with van der Waals surface area (Å²) >= 11 is 0. The predicted molar refractivity (Wildman–Crippen MR) is 105 cm³/mol. The van der Waals surface area contributed by atoms with Crippen LogP contribution in [0.5, 0.6) is 0 Å². The van der Waals surface area contributed by atoms with Crippen LogP contribution in [0, 0.1) is 29.9 Å². The molecule has 0 heterocycles. The SMILES string of the molecule is Cc1ccc(-c2[c-]cc3ccccc3c2)[c-]c1C(C=N)=[N+](C)C=N.[B].[Y]. The van der Waals surface area contributed by atoms with Gasteiger partial charge in [0, 0.05) is 47.3 Å². The maximum Gasteiger partial charge on any atom is 0.270 e. The normalized spacial score (nSPS) is 11.0. The number of hydrogen-bond acceptors (Lipinski definition) is 2. The monoisotopic (exact) mass is 412 g/mol. The van der Waals surface area contributed by atoms with Gasteiger partial charge in [-0.2, -0.15) is 29.8 Å². The largest absolute Gasteiger partial charge is 0.312 e. The molecule has 0 aliphatic carbocycles. The summed E-state index contributed by atoms with van der Waals surface area (Å²) in [6.45, 7) is 1.99. The smallest absolute Gasteiger partial charge is 0.270 e. The summed E-state index contributed by atoms with van der Waals surface area (Å²) in [7, 11) is 1.76. The minimum absolute atomic E-state index is 0. The van der Waals surface area contributed by atoms with E-state index in [9.17, 15) is 0 Å². The molecule has 0 saturated heterocycles. The Hall–Kier alpha value is -1.90. The van der Waals surface area contributed by atoms with Gasteiger partial charge in [0.2, 0.25) is 0 Å². The summed E-state index contributed by atoms with van der Waals surface area (Å²) < 4.78 is 1.61. The van der Waals surface area contributed by atoms with Gasteiger partial charge >= 0.3 is 0 Å². The van der Waals surface area contributed by atoms with E-state index in [1.165, 1.54) is 12.6 Å². The van der Waals surface area contributed by atoms with E-state index in [0.717, 1.165) is 33.0 Å². The Bertz CT molecular complexity index is 980. The summed E-state index contributed by atoms with van der Waals surface area (Å²) in [6.07, 6.45) is 2.46. The molecule has 4 radical (unpaired) electrons. The quantitative estimate of drug-likeness (QED) is 0.216. The molecule has 0 atom stereocenters. The number of hydrogen-bond donors (Lipinski definition) is 2. The van der Waals surface area contributed by atoms with E-state index < -0.39 is 0 Å². The third-order valence-electron chi connectivity index (χ3n) is 4.09. The standard InChI is InChI=1S/C21H18N3.B.Y/c1-15-7-8-19(12-20(15)21(13-22)24(2)14-23)18-10-9-16-5-3-4-6-17(16)11-18;;/h3-9,11,13-14,22-23H,1-2H3;;/q-1;;. The summed E-state index contributed by atoms with van der Waals surface area (Å²) in [5.41, 5.74) is 4.39. The fraction of sp³-hybridized carbons (Fsp3) is 0.0952. The van der Waals surface area contributed by atoms with Crippen molar-refractivity contribution in [1.29, 1.82) is 10.8 Å². The molecule has 0 bridgehead atoms. The number of benzene rings is 3. The molecule has 26 heavy (non-hydrogen) atoms. The number of rotatable bonds is 4. The van der Waals surface area contributed by atoms with Crippen LogP contribution in [0.1, 0.15) is 11.1 Å². The van der Waals surface area contributed by atoms with Gasteiger partial charge in [0.15, 0.2) is 0 Å². The van der Waals surface area contributed by atoms with Crippen LogP contribution in [0.2, 0.25) is 0 Å². The Morgan fingerprint density at radius 1 is 1.04 bits per heavy atom. The minimum Gasteiger partial charge on any atom is -0.312 e. The fourth-order valence-corrected chi connectivity index (χ4v) is 2.69. The van der Waals surface area contributed by atoms with Crippen LogP contribution in [0.3, 0.4) is 0 Å². The van der Waals surface area contributed by atoms with Crippen molar-refractivity contribution in [2.75, 3.05) is 7.05 Å². The molecule has 0 spiro atoms. The average molecular weight is 412 g/mol. The Labute approximate surface area is 181 Å². The molecule has 0 aliphatic heterocycles. The Morgan fingerprint density at radius 3 is 2.38 bits per heavy atom. The molecule has 0 aliphatic rings. The number of nitrogens with one attached hydrogen (secondary N) is 2. The van der Waals surface area contributed by atoms with Crippen molar-refractivity contribution in [2.24, 2.45) is 0 Å². The van der Waals surface area contributed by atoms with Gasteiger partial charge in [0.05, 0.1) is 12.8 Å². The molecular formula is C21H18BN3Y-. The van der Waals surface area contributed by atoms with Gasteiger partial charge in [-0.05, 0) is 0 Å². The summed E-state index contributed by atoms with van der Waals surface area (Å²) in [6, 6.07) is 23.0. The zero-order chi connectivity index (χ0) is 17.1. The zero-order valence-corrected chi connectivity index (χ0v) is 17.7. The predicted octanol–water partition coefficient (Wildman–Crippen LogP) is 3.72. The third kappa shape index (κ3) is 4.43. The summed E-state index contributed by atoms with van der Waals surface area (Å²) in [5.74, 6) is 0. The average Bonchev–Trinajstić information content (AvgIpc) is 2.63. The van der Waals surface area contributed by atoms with Gasteiger partial charge in [0.1, 0.15) is 0 Å². The van der Waals surface area contributed by atoms with Gasteiger partial charge in [-0.1, -0.05) is 36.8 Å². The molecule has 3 aromatic carbocycles. The van der Waals surface area contributed by atoms with Gasteiger partial charge in [-0.15, -0.1) is 33.9 Å². The number of fused-ring (bicyclic) bond motifs is 1. The first kappa shape index (κ1) is 22.1. The van der Waals surface area contributed by atoms with Crippen LogP contribution in [-0.2, 0) is 32.7 Å². The topological polar surface area (TPSA) is 50.7 Å². The molecule has 0 aromatic heterocycles. The number of nitrogens with zero attached hydrogens (tertiary/aromatic N) is 1. The van der Waals surface area contributed by atoms with Gasteiger partial charge < -0.3 is 5.41 Å². The molecule has 2 N–H and O–H groups in total. The molecule has 124 valence electrons. The minimum atomic E-state index is 0. The zero-order valence-electron chi connectivity index (χ0n) is 14.9. The van der Waals surface area contributed by atoms with Gasteiger partial charge in [-0.25, -0.2) is 5.56 Å². The van der Waals surface area contributed by atoms with Crippen molar-refractivity contribution in [3.8, 4) is 11.1 Å². The van der Waals surface area contributed by atoms with Crippen LogP contribution in [0.15, 0.2) is 48.5 Å². The molecule has 0 fully saturated rings. The van der Waals surface area contributed by atoms with E-state index >= 15 is 0 Å². The second-order valence-electron chi connectivity index (χ2n) is 5.68. The van der Waals surface area contributed by atoms with Crippen molar-refractivity contribution >= 4 is 37.5 Å². The van der Waals surface area contributed by atoms with E-state index in [-0.39, 0.29) is 41.1 Å². The fourth-order valence-electron chi connectivity index (χ4n) is 2.69. The van der Waals surface area contributed by atoms with Crippen molar-refractivity contribution in [3.63, 3.8) is 0 Å². The van der Waals surface area contributed by atoms with E-state index in [0.29, 0.717) is 5.71 Å². The Balaban J connectivity index is 0.00000169. The molecule has 5 heteroatoms. The van der Waals surface area contributed by atoms with E-state index in [1.807, 2.05) is 37.3 Å². The van der Waals surface area contributed by atoms with Crippen LogP contribution < -0.4 is 0 Å². The van der Waals surface area contributed by atoms with Crippen LogP contribution >= 0.6 is 0 Å². The van der Waals surface area contributed by atoms with E-state index in [1.54, 1.807) is 11.6 Å². The summed E-state index contributed by atoms with van der Waals surface area (Å²) in [4.78, 5) is 0. The maximum atomic E-state index is 7.68. The van der Waals surface area contributed by atoms with Crippen molar-refractivity contribution < 1.29 is 37.3 Å². The first-order valence-corrected chi connectivity index (χ1v) is 7.69. The second kappa shape index (κ2) is 9.70. The van der Waals surface area contributed by atoms with Crippen LogP contribution in [0.4, 0.5) is 0 Å². The first-order chi connectivity index (χ1) is 11.6. The molecule has 3 aromatic rings. The number of aryl methyl sites for hydroxylation is 1. The van der Waals surface area contributed by atoms with E-state index in [4.69, 9.17) is 10.8 Å². The molecule has 0 saturated carbocycles. The third-order valence-corrected chi connectivity index (χ3v) is 4.09. The molecule has 0 unspecified atom stereocenters. The van der Waals surface area contributed by atoms with Gasteiger partial charge in [-0.3, -0.25) is 4.58 Å². The Kier molecular flexibility index (Phi) is 8.26. The van der Waals surface area contributed by atoms with Gasteiger partial charge in [0.25, 0.3) is 6.34 Å². The second-order valence-corrected chi connectivity index (χ2v) is 5.68. The first-order valence-electron chi connectivity index (χ1n) is 7.69. The molecular weight excluding hydrogens is 394 g/mol. The maximum absolute atomic E-state index is 7.68. The van der Waals surface area contributed by atoms with Crippen LogP contribution in [-0.4, -0.2) is 38.3 Å².